The van der Waals surface area contributed by atoms with Gasteiger partial charge in [0.25, 0.3) is 5.91 Å². The van der Waals surface area contributed by atoms with E-state index in [1.165, 1.54) is 0 Å². The molecule has 0 aromatic heterocycles. The quantitative estimate of drug-likeness (QED) is 0.797. The van der Waals surface area contributed by atoms with Crippen molar-refractivity contribution in [3.8, 4) is 0 Å². The average Bonchev–Trinajstić information content (AvgIpc) is 2.48. The van der Waals surface area contributed by atoms with E-state index in [4.69, 9.17) is 10.5 Å². The third kappa shape index (κ3) is 4.02. The standard InChI is InChI=1S/C14H21N3O2/c15-11-12-3-1-2-4-13(12)14(18)16-5-6-17-7-9-19-10-8-17/h1-4H,5-11,15H2,(H,16,18). The number of rotatable bonds is 5. The van der Waals surface area contributed by atoms with Gasteiger partial charge in [0.05, 0.1) is 13.2 Å². The molecule has 1 aromatic rings. The molecule has 1 heterocycles. The van der Waals surface area contributed by atoms with Crippen LogP contribution in [0.3, 0.4) is 0 Å². The fourth-order valence-corrected chi connectivity index (χ4v) is 2.17. The van der Waals surface area contributed by atoms with Crippen LogP contribution in [0.1, 0.15) is 15.9 Å². The fraction of sp³-hybridized carbons (Fsp3) is 0.500. The van der Waals surface area contributed by atoms with Crippen molar-refractivity contribution in [2.24, 2.45) is 5.73 Å². The van der Waals surface area contributed by atoms with Crippen LogP contribution in [0.5, 0.6) is 0 Å². The Hall–Kier alpha value is -1.43. The molecule has 5 heteroatoms. The van der Waals surface area contributed by atoms with Crippen LogP contribution in [0.4, 0.5) is 0 Å². The van der Waals surface area contributed by atoms with E-state index in [1.807, 2.05) is 24.3 Å². The van der Waals surface area contributed by atoms with Crippen molar-refractivity contribution in [1.29, 1.82) is 0 Å². The lowest BCUT2D eigenvalue weighted by Crippen LogP contribution is -2.41. The number of nitrogens with two attached hydrogens (primary N) is 1. The minimum Gasteiger partial charge on any atom is -0.379 e. The van der Waals surface area contributed by atoms with Crippen molar-refractivity contribution in [2.45, 2.75) is 6.54 Å². The summed E-state index contributed by atoms with van der Waals surface area (Å²) in [5, 5.41) is 2.94. The minimum absolute atomic E-state index is 0.0469. The van der Waals surface area contributed by atoms with Gasteiger partial charge in [-0.1, -0.05) is 18.2 Å². The molecular weight excluding hydrogens is 242 g/mol. The van der Waals surface area contributed by atoms with Crippen LogP contribution < -0.4 is 11.1 Å². The predicted octanol–water partition coefficient (Wildman–Crippen LogP) is 0.207. The molecule has 0 saturated carbocycles. The molecule has 1 amide bonds. The van der Waals surface area contributed by atoms with Crippen molar-refractivity contribution < 1.29 is 9.53 Å². The predicted molar refractivity (Wildman–Crippen MR) is 73.9 cm³/mol. The summed E-state index contributed by atoms with van der Waals surface area (Å²) in [6, 6.07) is 7.45. The maximum absolute atomic E-state index is 12.1. The normalized spacial score (nSPS) is 16.3. The van der Waals surface area contributed by atoms with Crippen LogP contribution in [0.2, 0.25) is 0 Å². The second-order valence-corrected chi connectivity index (χ2v) is 4.57. The Labute approximate surface area is 113 Å². The van der Waals surface area contributed by atoms with E-state index >= 15 is 0 Å². The lowest BCUT2D eigenvalue weighted by Gasteiger charge is -2.26. The summed E-state index contributed by atoms with van der Waals surface area (Å²) in [6.45, 7) is 5.34. The van der Waals surface area contributed by atoms with E-state index in [9.17, 15) is 4.79 Å². The molecule has 1 aromatic carbocycles. The fourth-order valence-electron chi connectivity index (χ4n) is 2.17. The smallest absolute Gasteiger partial charge is 0.251 e. The van der Waals surface area contributed by atoms with Gasteiger partial charge < -0.3 is 15.8 Å². The zero-order valence-corrected chi connectivity index (χ0v) is 11.1. The van der Waals surface area contributed by atoms with E-state index < -0.39 is 0 Å². The molecule has 1 saturated heterocycles. The maximum Gasteiger partial charge on any atom is 0.251 e. The van der Waals surface area contributed by atoms with Gasteiger partial charge in [0.2, 0.25) is 0 Å². The Morgan fingerprint density at radius 1 is 1.32 bits per heavy atom. The Morgan fingerprint density at radius 2 is 2.05 bits per heavy atom. The highest BCUT2D eigenvalue weighted by atomic mass is 16.5. The highest BCUT2D eigenvalue weighted by molar-refractivity contribution is 5.95. The molecule has 2 rings (SSSR count). The molecular formula is C14H21N3O2. The number of hydrogen-bond donors (Lipinski definition) is 2. The van der Waals surface area contributed by atoms with Crippen molar-refractivity contribution >= 4 is 5.91 Å². The molecule has 0 spiro atoms. The lowest BCUT2D eigenvalue weighted by atomic mass is 10.1. The summed E-state index contributed by atoms with van der Waals surface area (Å²) >= 11 is 0. The lowest BCUT2D eigenvalue weighted by molar-refractivity contribution is 0.0383. The van der Waals surface area contributed by atoms with Crippen molar-refractivity contribution in [3.63, 3.8) is 0 Å². The SMILES string of the molecule is NCc1ccccc1C(=O)NCCN1CCOCC1. The first-order valence-electron chi connectivity index (χ1n) is 6.67. The van der Waals surface area contributed by atoms with Gasteiger partial charge in [0.15, 0.2) is 0 Å². The molecule has 19 heavy (non-hydrogen) atoms. The number of morpholine rings is 1. The van der Waals surface area contributed by atoms with Crippen LogP contribution in [0, 0.1) is 0 Å². The highest BCUT2D eigenvalue weighted by Gasteiger charge is 2.12. The van der Waals surface area contributed by atoms with Crippen molar-refractivity contribution in [3.05, 3.63) is 35.4 Å². The van der Waals surface area contributed by atoms with Crippen LogP contribution in [0.15, 0.2) is 24.3 Å². The molecule has 1 fully saturated rings. The Morgan fingerprint density at radius 3 is 2.79 bits per heavy atom. The van der Waals surface area contributed by atoms with Crippen LogP contribution in [-0.2, 0) is 11.3 Å². The van der Waals surface area contributed by atoms with Crippen molar-refractivity contribution in [2.75, 3.05) is 39.4 Å². The van der Waals surface area contributed by atoms with Crippen molar-refractivity contribution in [1.82, 2.24) is 10.2 Å². The minimum atomic E-state index is -0.0469. The molecule has 0 atom stereocenters. The van der Waals surface area contributed by atoms with Gasteiger partial charge in [-0.15, -0.1) is 0 Å². The largest absolute Gasteiger partial charge is 0.379 e. The zero-order chi connectivity index (χ0) is 13.5. The van der Waals surface area contributed by atoms with Gasteiger partial charge >= 0.3 is 0 Å². The first kappa shape index (κ1) is 14.0. The second kappa shape index (κ2) is 7.23. The summed E-state index contributed by atoms with van der Waals surface area (Å²) in [7, 11) is 0. The first-order chi connectivity index (χ1) is 9.31. The number of nitrogens with one attached hydrogen (secondary N) is 1. The molecule has 0 bridgehead atoms. The Kier molecular flexibility index (Phi) is 5.32. The van der Waals surface area contributed by atoms with E-state index in [1.54, 1.807) is 0 Å². The van der Waals surface area contributed by atoms with E-state index in [0.717, 1.165) is 38.4 Å². The Bertz CT molecular complexity index is 417. The third-order valence-electron chi connectivity index (χ3n) is 3.30. The monoisotopic (exact) mass is 263 g/mol. The van der Waals surface area contributed by atoms with Gasteiger partial charge in [-0.3, -0.25) is 9.69 Å². The second-order valence-electron chi connectivity index (χ2n) is 4.57. The summed E-state index contributed by atoms with van der Waals surface area (Å²) in [5.74, 6) is -0.0469. The van der Waals surface area contributed by atoms with E-state index in [0.29, 0.717) is 18.7 Å². The summed E-state index contributed by atoms with van der Waals surface area (Å²) in [6.07, 6.45) is 0. The summed E-state index contributed by atoms with van der Waals surface area (Å²) in [5.41, 5.74) is 7.19. The number of amides is 1. The molecule has 0 radical (unpaired) electrons. The van der Waals surface area contributed by atoms with Gasteiger partial charge in [-0.25, -0.2) is 0 Å². The molecule has 3 N–H and O–H groups in total. The molecule has 0 aliphatic carbocycles. The van der Waals surface area contributed by atoms with E-state index in [-0.39, 0.29) is 5.91 Å². The van der Waals surface area contributed by atoms with Crippen LogP contribution in [0.25, 0.3) is 0 Å². The van der Waals surface area contributed by atoms with Gasteiger partial charge in [-0.2, -0.15) is 0 Å². The number of ether oxygens (including phenoxy) is 1. The Balaban J connectivity index is 1.80. The summed E-state index contributed by atoms with van der Waals surface area (Å²) < 4.78 is 5.28. The zero-order valence-electron chi connectivity index (χ0n) is 11.1. The van der Waals surface area contributed by atoms with Crippen LogP contribution >= 0.6 is 0 Å². The number of hydrogen-bond acceptors (Lipinski definition) is 4. The summed E-state index contributed by atoms with van der Waals surface area (Å²) in [4.78, 5) is 14.3. The highest BCUT2D eigenvalue weighted by Crippen LogP contribution is 2.07. The van der Waals surface area contributed by atoms with Gasteiger partial charge in [-0.05, 0) is 11.6 Å². The van der Waals surface area contributed by atoms with Gasteiger partial charge in [0, 0.05) is 38.3 Å². The molecule has 1 aliphatic rings. The molecule has 104 valence electrons. The maximum atomic E-state index is 12.1. The average molecular weight is 263 g/mol. The number of nitrogens with zero attached hydrogens (tertiary/aromatic N) is 1. The van der Waals surface area contributed by atoms with Crippen LogP contribution in [-0.4, -0.2) is 50.2 Å². The first-order valence-corrected chi connectivity index (χ1v) is 6.67. The van der Waals surface area contributed by atoms with Gasteiger partial charge in [0.1, 0.15) is 0 Å². The number of carbonyl (C=O) groups is 1. The number of carbonyl (C=O) groups excluding carboxylic acids is 1. The topological polar surface area (TPSA) is 67.6 Å². The number of benzene rings is 1. The molecule has 5 nitrogen and oxygen atoms in total. The van der Waals surface area contributed by atoms with E-state index in [2.05, 4.69) is 10.2 Å². The third-order valence-corrected chi connectivity index (χ3v) is 3.30. The molecule has 0 unspecified atom stereocenters. The molecule has 1 aliphatic heterocycles.